The molecule has 2 heterocycles. The van der Waals surface area contributed by atoms with Crippen molar-refractivity contribution in [2.75, 3.05) is 45.8 Å². The molecule has 2 aliphatic heterocycles. The molecule has 3 rings (SSSR count). The average molecular weight is 411 g/mol. The Labute approximate surface area is 172 Å². The van der Waals surface area contributed by atoms with E-state index in [1.807, 2.05) is 6.07 Å². The third-order valence-electron chi connectivity index (χ3n) is 5.64. The van der Waals surface area contributed by atoms with Gasteiger partial charge in [-0.05, 0) is 43.8 Å². The van der Waals surface area contributed by atoms with Crippen LogP contribution in [-0.4, -0.2) is 78.8 Å². The fraction of sp³-hybridized carbons (Fsp3) is 0.600. The van der Waals surface area contributed by atoms with Crippen molar-refractivity contribution < 1.29 is 14.7 Å². The van der Waals surface area contributed by atoms with Gasteiger partial charge >= 0.3 is 6.09 Å². The third kappa shape index (κ3) is 6.36. The summed E-state index contributed by atoms with van der Waals surface area (Å²) in [6, 6.07) is 9.81. The number of carbonyl (C=O) groups is 2. The normalized spacial score (nSPS) is 19.5. The first-order valence-electron chi connectivity index (χ1n) is 9.89. The Balaban J connectivity index is 0.00000280. The summed E-state index contributed by atoms with van der Waals surface area (Å²) in [7, 11) is 0. The van der Waals surface area contributed by atoms with Crippen LogP contribution >= 0.6 is 12.4 Å². The fourth-order valence-electron chi connectivity index (χ4n) is 4.04. The van der Waals surface area contributed by atoms with Gasteiger partial charge in [0.05, 0.1) is 0 Å². The number of nitrogens with zero attached hydrogens (tertiary/aromatic N) is 2. The fourth-order valence-corrected chi connectivity index (χ4v) is 4.04. The molecule has 1 unspecified atom stereocenters. The largest absolute Gasteiger partial charge is 0.465 e. The Morgan fingerprint density at radius 1 is 1.11 bits per heavy atom. The predicted molar refractivity (Wildman–Crippen MR) is 111 cm³/mol. The molecule has 0 radical (unpaired) electrons. The average Bonchev–Trinajstić information content (AvgIpc) is 2.72. The van der Waals surface area contributed by atoms with Gasteiger partial charge in [-0.25, -0.2) is 4.79 Å². The molecular formula is C20H31ClN4O3. The highest BCUT2D eigenvalue weighted by Gasteiger charge is 2.35. The summed E-state index contributed by atoms with van der Waals surface area (Å²) in [5, 5.41) is 15.0. The number of hydrogen-bond donors (Lipinski definition) is 3. The van der Waals surface area contributed by atoms with E-state index in [-0.39, 0.29) is 24.2 Å². The second kappa shape index (κ2) is 11.2. The number of carbonyl (C=O) groups excluding carboxylic acids is 1. The van der Waals surface area contributed by atoms with Crippen molar-refractivity contribution in [2.45, 2.75) is 25.3 Å². The molecule has 1 aromatic carbocycles. The maximum atomic E-state index is 12.9. The number of rotatable bonds is 6. The van der Waals surface area contributed by atoms with E-state index >= 15 is 0 Å². The van der Waals surface area contributed by atoms with E-state index in [0.717, 1.165) is 52.0 Å². The van der Waals surface area contributed by atoms with Crippen LogP contribution in [0.5, 0.6) is 0 Å². The number of nitrogens with one attached hydrogen (secondary N) is 2. The van der Waals surface area contributed by atoms with E-state index in [9.17, 15) is 14.7 Å². The van der Waals surface area contributed by atoms with Gasteiger partial charge in [-0.1, -0.05) is 30.3 Å². The minimum absolute atomic E-state index is 0. The van der Waals surface area contributed by atoms with E-state index in [4.69, 9.17) is 0 Å². The number of carboxylic acid groups (broad SMARTS) is 1. The zero-order chi connectivity index (χ0) is 19.1. The van der Waals surface area contributed by atoms with Crippen LogP contribution < -0.4 is 10.6 Å². The van der Waals surface area contributed by atoms with Crippen molar-refractivity contribution in [1.82, 2.24) is 20.4 Å². The molecule has 2 amide bonds. The quantitative estimate of drug-likeness (QED) is 0.660. The van der Waals surface area contributed by atoms with E-state index in [1.54, 1.807) is 4.90 Å². The molecule has 0 aliphatic carbocycles. The molecular weight excluding hydrogens is 380 g/mol. The topological polar surface area (TPSA) is 84.9 Å². The molecule has 1 atom stereocenters. The number of likely N-dealkylation sites (tertiary alicyclic amines) is 1. The van der Waals surface area contributed by atoms with Crippen LogP contribution in [0.2, 0.25) is 0 Å². The van der Waals surface area contributed by atoms with Crippen LogP contribution in [-0.2, 0) is 11.2 Å². The number of piperazine rings is 1. The molecule has 0 bridgehead atoms. The number of benzene rings is 1. The van der Waals surface area contributed by atoms with Crippen LogP contribution in [0, 0.1) is 5.92 Å². The standard InChI is InChI=1S/C20H30N4O3.ClH/c25-19(24-14-9-21-10-15-24)18(22-20(26)27)17-7-12-23(13-8-17)11-6-16-4-2-1-3-5-16;/h1-5,17-18,21-22H,6-15H2,(H,26,27);1H. The number of piperidine rings is 1. The maximum Gasteiger partial charge on any atom is 0.405 e. The Kier molecular flexibility index (Phi) is 9.02. The van der Waals surface area contributed by atoms with Gasteiger partial charge in [-0.2, -0.15) is 0 Å². The van der Waals surface area contributed by atoms with Gasteiger partial charge in [0.15, 0.2) is 0 Å². The van der Waals surface area contributed by atoms with E-state index in [1.165, 1.54) is 5.56 Å². The monoisotopic (exact) mass is 410 g/mol. The van der Waals surface area contributed by atoms with Gasteiger partial charge < -0.3 is 25.5 Å². The minimum Gasteiger partial charge on any atom is -0.465 e. The Hall–Kier alpha value is -1.83. The molecule has 28 heavy (non-hydrogen) atoms. The van der Waals surface area contributed by atoms with Gasteiger partial charge in [0.25, 0.3) is 0 Å². The highest BCUT2D eigenvalue weighted by atomic mass is 35.5. The zero-order valence-corrected chi connectivity index (χ0v) is 17.0. The predicted octanol–water partition coefficient (Wildman–Crippen LogP) is 1.43. The van der Waals surface area contributed by atoms with Crippen LogP contribution in [0.4, 0.5) is 4.79 Å². The van der Waals surface area contributed by atoms with E-state index in [0.29, 0.717) is 13.1 Å². The molecule has 2 fully saturated rings. The SMILES string of the molecule is Cl.O=C(O)NC(C(=O)N1CCNCC1)C1CCN(CCc2ccccc2)CC1. The van der Waals surface area contributed by atoms with E-state index in [2.05, 4.69) is 39.8 Å². The lowest BCUT2D eigenvalue weighted by molar-refractivity contribution is -0.135. The summed E-state index contributed by atoms with van der Waals surface area (Å²) in [5.41, 5.74) is 1.33. The summed E-state index contributed by atoms with van der Waals surface area (Å²) in [4.78, 5) is 28.3. The number of amides is 2. The van der Waals surface area contributed by atoms with Crippen molar-refractivity contribution in [1.29, 1.82) is 0 Å². The van der Waals surface area contributed by atoms with Gasteiger partial charge in [-0.15, -0.1) is 12.4 Å². The van der Waals surface area contributed by atoms with Crippen molar-refractivity contribution >= 4 is 24.4 Å². The van der Waals surface area contributed by atoms with Crippen LogP contribution in [0.3, 0.4) is 0 Å². The van der Waals surface area contributed by atoms with Crippen LogP contribution in [0.1, 0.15) is 18.4 Å². The van der Waals surface area contributed by atoms with E-state index < -0.39 is 12.1 Å². The highest BCUT2D eigenvalue weighted by Crippen LogP contribution is 2.23. The lowest BCUT2D eigenvalue weighted by Crippen LogP contribution is -2.57. The summed E-state index contributed by atoms with van der Waals surface area (Å²) in [5.74, 6) is -0.00176. The molecule has 0 aromatic heterocycles. The van der Waals surface area contributed by atoms with Crippen molar-refractivity contribution in [3.8, 4) is 0 Å². The Bertz CT molecular complexity index is 617. The first-order chi connectivity index (χ1) is 13.1. The third-order valence-corrected chi connectivity index (χ3v) is 5.64. The second-order valence-corrected chi connectivity index (χ2v) is 7.42. The van der Waals surface area contributed by atoms with Gasteiger partial charge in [0.2, 0.25) is 5.91 Å². The van der Waals surface area contributed by atoms with Crippen molar-refractivity contribution in [3.63, 3.8) is 0 Å². The van der Waals surface area contributed by atoms with Crippen molar-refractivity contribution in [3.05, 3.63) is 35.9 Å². The molecule has 1 aromatic rings. The molecule has 0 spiro atoms. The zero-order valence-electron chi connectivity index (χ0n) is 16.2. The van der Waals surface area contributed by atoms with Crippen LogP contribution in [0.15, 0.2) is 30.3 Å². The molecule has 2 aliphatic rings. The lowest BCUT2D eigenvalue weighted by atomic mass is 9.88. The van der Waals surface area contributed by atoms with Gasteiger partial charge in [0, 0.05) is 32.7 Å². The van der Waals surface area contributed by atoms with Gasteiger partial charge in [0.1, 0.15) is 6.04 Å². The summed E-state index contributed by atoms with van der Waals surface area (Å²) in [6.45, 7) is 5.64. The smallest absolute Gasteiger partial charge is 0.405 e. The van der Waals surface area contributed by atoms with Gasteiger partial charge in [-0.3, -0.25) is 4.79 Å². The molecule has 0 saturated carbocycles. The lowest BCUT2D eigenvalue weighted by Gasteiger charge is -2.38. The summed E-state index contributed by atoms with van der Waals surface area (Å²) in [6.07, 6.45) is 1.59. The second-order valence-electron chi connectivity index (χ2n) is 7.42. The maximum absolute atomic E-state index is 12.9. The highest BCUT2D eigenvalue weighted by molar-refractivity contribution is 5.86. The number of hydrogen-bond acceptors (Lipinski definition) is 4. The van der Waals surface area contributed by atoms with Crippen molar-refractivity contribution in [2.24, 2.45) is 5.92 Å². The first kappa shape index (κ1) is 22.5. The van der Waals surface area contributed by atoms with Crippen LogP contribution in [0.25, 0.3) is 0 Å². The summed E-state index contributed by atoms with van der Waals surface area (Å²) >= 11 is 0. The minimum atomic E-state index is -1.12. The number of halogens is 1. The molecule has 156 valence electrons. The molecule has 3 N–H and O–H groups in total. The Morgan fingerprint density at radius 3 is 2.36 bits per heavy atom. The Morgan fingerprint density at radius 2 is 1.75 bits per heavy atom. The molecule has 8 heteroatoms. The molecule has 2 saturated heterocycles. The first-order valence-corrected chi connectivity index (χ1v) is 9.89. The molecule has 7 nitrogen and oxygen atoms in total. The summed E-state index contributed by atoms with van der Waals surface area (Å²) < 4.78 is 0.